The number of aromatic nitrogens is 2. The van der Waals surface area contributed by atoms with E-state index < -0.39 is 6.10 Å². The van der Waals surface area contributed by atoms with Gasteiger partial charge in [-0.2, -0.15) is 0 Å². The van der Waals surface area contributed by atoms with Crippen LogP contribution < -0.4 is 0 Å². The highest BCUT2D eigenvalue weighted by molar-refractivity contribution is 5.97. The summed E-state index contributed by atoms with van der Waals surface area (Å²) in [7, 11) is 0. The van der Waals surface area contributed by atoms with Crippen molar-refractivity contribution in [1.29, 1.82) is 0 Å². The Morgan fingerprint density at radius 2 is 2.31 bits per heavy atom. The van der Waals surface area contributed by atoms with Gasteiger partial charge in [0, 0.05) is 12.1 Å². The van der Waals surface area contributed by atoms with E-state index in [0.717, 1.165) is 11.0 Å². The first-order valence-corrected chi connectivity index (χ1v) is 5.22. The van der Waals surface area contributed by atoms with Crippen LogP contribution in [0.4, 0.5) is 0 Å². The van der Waals surface area contributed by atoms with Crippen molar-refractivity contribution in [2.45, 2.75) is 26.5 Å². The number of ketones is 1. The average molecular weight is 218 g/mol. The number of carbonyl (C=O) groups excluding carboxylic acids is 1. The van der Waals surface area contributed by atoms with Crippen LogP contribution in [0.2, 0.25) is 0 Å². The number of hydrogen-bond acceptors (Lipinski definition) is 3. The predicted octanol–water partition coefficient (Wildman–Crippen LogP) is 1.62. The van der Waals surface area contributed by atoms with E-state index in [0.29, 0.717) is 12.1 Å². The molecule has 1 unspecified atom stereocenters. The van der Waals surface area contributed by atoms with E-state index in [2.05, 4.69) is 4.98 Å². The van der Waals surface area contributed by atoms with Gasteiger partial charge in [0.15, 0.2) is 5.78 Å². The van der Waals surface area contributed by atoms with Gasteiger partial charge in [-0.3, -0.25) is 4.79 Å². The van der Waals surface area contributed by atoms with Crippen molar-refractivity contribution < 1.29 is 9.90 Å². The minimum atomic E-state index is -0.412. The van der Waals surface area contributed by atoms with Gasteiger partial charge in [0.2, 0.25) is 0 Å². The van der Waals surface area contributed by atoms with E-state index in [-0.39, 0.29) is 5.78 Å². The summed E-state index contributed by atoms with van der Waals surface area (Å²) < 4.78 is 1.88. The molecule has 0 spiro atoms. The quantitative estimate of drug-likeness (QED) is 0.796. The lowest BCUT2D eigenvalue weighted by molar-refractivity contribution is 0.101. The third kappa shape index (κ3) is 1.97. The van der Waals surface area contributed by atoms with Crippen molar-refractivity contribution in [1.82, 2.24) is 9.55 Å². The summed E-state index contributed by atoms with van der Waals surface area (Å²) in [4.78, 5) is 15.4. The first kappa shape index (κ1) is 10.8. The lowest BCUT2D eigenvalue weighted by Crippen LogP contribution is -2.10. The molecule has 1 aromatic carbocycles. The van der Waals surface area contributed by atoms with Crippen LogP contribution in [0.15, 0.2) is 24.5 Å². The molecule has 0 fully saturated rings. The van der Waals surface area contributed by atoms with E-state index in [1.807, 2.05) is 10.6 Å². The Bertz CT molecular complexity index is 529. The van der Waals surface area contributed by atoms with Gasteiger partial charge in [-0.25, -0.2) is 4.98 Å². The lowest BCUT2D eigenvalue weighted by atomic mass is 10.1. The van der Waals surface area contributed by atoms with Crippen molar-refractivity contribution in [3.63, 3.8) is 0 Å². The van der Waals surface area contributed by atoms with Gasteiger partial charge in [-0.15, -0.1) is 0 Å². The highest BCUT2D eigenvalue weighted by Gasteiger charge is 2.07. The summed E-state index contributed by atoms with van der Waals surface area (Å²) in [6.07, 6.45) is 1.27. The fourth-order valence-electron chi connectivity index (χ4n) is 1.71. The second kappa shape index (κ2) is 4.06. The number of imidazole rings is 1. The molecule has 0 aliphatic heterocycles. The number of nitrogens with zero attached hydrogens (tertiary/aromatic N) is 2. The number of carbonyl (C=O) groups is 1. The van der Waals surface area contributed by atoms with Crippen molar-refractivity contribution in [2.75, 3.05) is 0 Å². The first-order valence-electron chi connectivity index (χ1n) is 5.22. The van der Waals surface area contributed by atoms with E-state index in [4.69, 9.17) is 0 Å². The minimum absolute atomic E-state index is 0.0342. The maximum atomic E-state index is 11.2. The summed E-state index contributed by atoms with van der Waals surface area (Å²) in [5.41, 5.74) is 2.38. The third-order valence-electron chi connectivity index (χ3n) is 2.49. The van der Waals surface area contributed by atoms with E-state index in [1.165, 1.54) is 6.92 Å². The molecule has 0 aliphatic rings. The van der Waals surface area contributed by atoms with Crippen LogP contribution in [0, 0.1) is 0 Å². The van der Waals surface area contributed by atoms with Crippen molar-refractivity contribution in [3.05, 3.63) is 30.1 Å². The number of benzene rings is 1. The molecule has 84 valence electrons. The second-order valence-corrected chi connectivity index (χ2v) is 4.01. The van der Waals surface area contributed by atoms with E-state index in [1.54, 1.807) is 25.4 Å². The molecular weight excluding hydrogens is 204 g/mol. The Morgan fingerprint density at radius 3 is 2.94 bits per heavy atom. The maximum Gasteiger partial charge on any atom is 0.159 e. The summed E-state index contributed by atoms with van der Waals surface area (Å²) >= 11 is 0. The fraction of sp³-hybridized carbons (Fsp3) is 0.333. The molecule has 16 heavy (non-hydrogen) atoms. The normalized spacial score (nSPS) is 12.9. The summed E-state index contributed by atoms with van der Waals surface area (Å²) in [5, 5.41) is 9.32. The van der Waals surface area contributed by atoms with Gasteiger partial charge in [0.1, 0.15) is 0 Å². The topological polar surface area (TPSA) is 55.1 Å². The van der Waals surface area contributed by atoms with Crippen LogP contribution in [0.1, 0.15) is 24.2 Å². The maximum absolute atomic E-state index is 11.2. The molecule has 0 bridgehead atoms. The molecule has 0 saturated carbocycles. The summed E-state index contributed by atoms with van der Waals surface area (Å²) in [5.74, 6) is 0.0342. The number of hydrogen-bond donors (Lipinski definition) is 1. The Hall–Kier alpha value is -1.68. The largest absolute Gasteiger partial charge is 0.392 e. The van der Waals surface area contributed by atoms with Gasteiger partial charge in [-0.1, -0.05) is 0 Å². The van der Waals surface area contributed by atoms with Gasteiger partial charge in [0.05, 0.1) is 23.5 Å². The molecule has 0 radical (unpaired) electrons. The second-order valence-electron chi connectivity index (χ2n) is 4.01. The Balaban J connectivity index is 2.46. The molecule has 1 heterocycles. The number of rotatable bonds is 3. The zero-order chi connectivity index (χ0) is 11.7. The minimum Gasteiger partial charge on any atom is -0.392 e. The zero-order valence-corrected chi connectivity index (χ0v) is 9.34. The van der Waals surface area contributed by atoms with Gasteiger partial charge in [-0.05, 0) is 32.0 Å². The molecule has 4 heteroatoms. The van der Waals surface area contributed by atoms with Crippen molar-refractivity contribution in [3.8, 4) is 0 Å². The average Bonchev–Trinajstić information content (AvgIpc) is 2.60. The van der Waals surface area contributed by atoms with Crippen LogP contribution in [0.25, 0.3) is 11.0 Å². The molecular formula is C12H14N2O2. The molecule has 0 amide bonds. The van der Waals surface area contributed by atoms with Crippen LogP contribution in [0.5, 0.6) is 0 Å². The van der Waals surface area contributed by atoms with Crippen LogP contribution >= 0.6 is 0 Å². The Morgan fingerprint density at radius 1 is 1.56 bits per heavy atom. The lowest BCUT2D eigenvalue weighted by Gasteiger charge is -2.06. The third-order valence-corrected chi connectivity index (χ3v) is 2.49. The standard InChI is InChI=1S/C12H14N2O2/c1-8(15)6-14-7-13-11-5-10(9(2)16)3-4-12(11)14/h3-5,7-8,15H,6H2,1-2H3. The summed E-state index contributed by atoms with van der Waals surface area (Å²) in [6.45, 7) is 3.78. The SMILES string of the molecule is CC(=O)c1ccc2c(c1)ncn2CC(C)O. The molecule has 0 aliphatic carbocycles. The molecule has 4 nitrogen and oxygen atoms in total. The molecule has 0 saturated heterocycles. The van der Waals surface area contributed by atoms with Gasteiger partial charge >= 0.3 is 0 Å². The number of aliphatic hydroxyl groups is 1. The van der Waals surface area contributed by atoms with Crippen LogP contribution in [-0.4, -0.2) is 26.5 Å². The van der Waals surface area contributed by atoms with Crippen LogP contribution in [0.3, 0.4) is 0 Å². The number of fused-ring (bicyclic) bond motifs is 1. The monoisotopic (exact) mass is 218 g/mol. The van der Waals surface area contributed by atoms with Gasteiger partial charge < -0.3 is 9.67 Å². The first-order chi connectivity index (χ1) is 7.58. The number of Topliss-reactive ketones (excluding diaryl/α,β-unsaturated/α-hetero) is 1. The zero-order valence-electron chi connectivity index (χ0n) is 9.34. The van der Waals surface area contributed by atoms with E-state index >= 15 is 0 Å². The van der Waals surface area contributed by atoms with E-state index in [9.17, 15) is 9.90 Å². The Kier molecular flexibility index (Phi) is 2.75. The number of aliphatic hydroxyl groups excluding tert-OH is 1. The highest BCUT2D eigenvalue weighted by Crippen LogP contribution is 2.15. The highest BCUT2D eigenvalue weighted by atomic mass is 16.3. The molecule has 1 aromatic heterocycles. The van der Waals surface area contributed by atoms with Crippen molar-refractivity contribution >= 4 is 16.8 Å². The van der Waals surface area contributed by atoms with Gasteiger partial charge in [0.25, 0.3) is 0 Å². The smallest absolute Gasteiger partial charge is 0.159 e. The molecule has 1 N–H and O–H groups in total. The summed E-state index contributed by atoms with van der Waals surface area (Å²) in [6, 6.07) is 5.42. The van der Waals surface area contributed by atoms with Crippen molar-refractivity contribution in [2.24, 2.45) is 0 Å². The Labute approximate surface area is 93.5 Å². The molecule has 2 aromatic rings. The molecule has 1 atom stereocenters. The predicted molar refractivity (Wildman–Crippen MR) is 61.4 cm³/mol. The fourth-order valence-corrected chi connectivity index (χ4v) is 1.71. The van der Waals surface area contributed by atoms with Crippen LogP contribution in [-0.2, 0) is 6.54 Å². The molecule has 2 rings (SSSR count).